The quantitative estimate of drug-likeness (QED) is 0.276. The summed E-state index contributed by atoms with van der Waals surface area (Å²) in [5.41, 5.74) is 13.2. The van der Waals surface area contributed by atoms with Gasteiger partial charge in [0.2, 0.25) is 0 Å². The van der Waals surface area contributed by atoms with Crippen LogP contribution < -0.4 is 21.5 Å². The molecule has 4 rings (SSSR count). The molecule has 142 valence electrons. The zero-order valence-electron chi connectivity index (χ0n) is 15.4. The van der Waals surface area contributed by atoms with Gasteiger partial charge in [-0.3, -0.25) is 4.99 Å². The van der Waals surface area contributed by atoms with E-state index in [-0.39, 0.29) is 5.96 Å². The predicted octanol–water partition coefficient (Wildman–Crippen LogP) is 3.31. The van der Waals surface area contributed by atoms with Crippen LogP contribution in [0, 0.1) is 0 Å². The summed E-state index contributed by atoms with van der Waals surface area (Å²) in [6.07, 6.45) is 5.49. The molecule has 0 heterocycles. The molecule has 0 fully saturated rings. The van der Waals surface area contributed by atoms with Gasteiger partial charge in [0.25, 0.3) is 0 Å². The van der Waals surface area contributed by atoms with Crippen LogP contribution in [0.3, 0.4) is 0 Å². The lowest BCUT2D eigenvalue weighted by molar-refractivity contribution is 0.200. The zero-order chi connectivity index (χ0) is 19.5. The molecule has 0 saturated carbocycles. The second-order valence-corrected chi connectivity index (χ2v) is 6.76. The number of carbonyl (C=O) groups excluding carboxylic acids is 1. The van der Waals surface area contributed by atoms with Crippen molar-refractivity contribution < 1.29 is 9.53 Å². The van der Waals surface area contributed by atoms with Crippen LogP contribution in [0.2, 0.25) is 0 Å². The van der Waals surface area contributed by atoms with Crippen LogP contribution in [0.4, 0.5) is 4.79 Å². The number of rotatable bonds is 5. The number of fused-ring (bicyclic) bond motifs is 5. The Morgan fingerprint density at radius 3 is 2.75 bits per heavy atom. The van der Waals surface area contributed by atoms with Crippen molar-refractivity contribution in [3.63, 3.8) is 0 Å². The van der Waals surface area contributed by atoms with Crippen molar-refractivity contribution in [3.8, 4) is 5.75 Å². The van der Waals surface area contributed by atoms with E-state index in [9.17, 15) is 4.79 Å². The molecule has 6 heteroatoms. The second kappa shape index (κ2) is 7.60. The maximum Gasteiger partial charge on any atom is 0.412 e. The Morgan fingerprint density at radius 1 is 1.07 bits per heavy atom. The monoisotopic (exact) mass is 374 g/mol. The highest BCUT2D eigenvalue weighted by atomic mass is 16.6. The molecule has 3 aromatic rings. The first kappa shape index (κ1) is 17.9. The Bertz CT molecular complexity index is 1110. The molecule has 0 saturated heterocycles. The first-order chi connectivity index (χ1) is 13.6. The second-order valence-electron chi connectivity index (χ2n) is 6.76. The lowest BCUT2D eigenvalue weighted by Gasteiger charge is -2.11. The molecule has 0 aromatic heterocycles. The maximum atomic E-state index is 12.0. The Labute approximate surface area is 162 Å². The zero-order valence-corrected chi connectivity index (χ0v) is 15.4. The van der Waals surface area contributed by atoms with Crippen LogP contribution in [0.5, 0.6) is 5.75 Å². The summed E-state index contributed by atoms with van der Waals surface area (Å²) in [6, 6.07) is 14.3. The van der Waals surface area contributed by atoms with Gasteiger partial charge in [-0.1, -0.05) is 42.5 Å². The molecule has 0 radical (unpaired) electrons. The number of allylic oxidation sites excluding steroid dienone is 1. The number of carbonyl (C=O) groups is 1. The Kier molecular flexibility index (Phi) is 4.85. The molecule has 1 aliphatic carbocycles. The van der Waals surface area contributed by atoms with Crippen LogP contribution in [0.25, 0.3) is 27.6 Å². The summed E-state index contributed by atoms with van der Waals surface area (Å²) in [7, 11) is 0. The van der Waals surface area contributed by atoms with Crippen molar-refractivity contribution in [2.75, 3.05) is 13.1 Å². The van der Waals surface area contributed by atoms with Crippen LogP contribution in [-0.4, -0.2) is 25.1 Å². The van der Waals surface area contributed by atoms with Gasteiger partial charge in [0, 0.05) is 13.1 Å². The lowest BCUT2D eigenvalue weighted by Crippen LogP contribution is -2.28. The van der Waals surface area contributed by atoms with Crippen molar-refractivity contribution in [2.24, 2.45) is 16.5 Å². The van der Waals surface area contributed by atoms with Crippen LogP contribution in [0.1, 0.15) is 17.5 Å². The van der Waals surface area contributed by atoms with E-state index >= 15 is 0 Å². The lowest BCUT2D eigenvalue weighted by atomic mass is 9.96. The summed E-state index contributed by atoms with van der Waals surface area (Å²) < 4.78 is 5.39. The highest BCUT2D eigenvalue weighted by Crippen LogP contribution is 2.34. The number of nitrogens with two attached hydrogens (primary N) is 2. The van der Waals surface area contributed by atoms with Crippen LogP contribution in [-0.2, 0) is 6.42 Å². The number of benzene rings is 3. The fraction of sp³-hybridized carbons (Fsp3) is 0.182. The van der Waals surface area contributed by atoms with Gasteiger partial charge in [-0.25, -0.2) is 4.79 Å². The number of guanidine groups is 1. The molecule has 0 unspecified atom stereocenters. The highest BCUT2D eigenvalue weighted by Gasteiger charge is 2.12. The maximum absolute atomic E-state index is 12.0. The molecule has 5 N–H and O–H groups in total. The van der Waals surface area contributed by atoms with Crippen molar-refractivity contribution >= 4 is 39.7 Å². The van der Waals surface area contributed by atoms with Gasteiger partial charge >= 0.3 is 6.09 Å². The minimum atomic E-state index is -0.492. The third-order valence-electron chi connectivity index (χ3n) is 4.86. The molecule has 28 heavy (non-hydrogen) atoms. The Hall–Kier alpha value is -3.54. The van der Waals surface area contributed by atoms with Crippen molar-refractivity contribution in [2.45, 2.75) is 12.8 Å². The van der Waals surface area contributed by atoms with Crippen LogP contribution in [0.15, 0.2) is 53.5 Å². The number of hydrogen-bond donors (Lipinski definition) is 3. The van der Waals surface area contributed by atoms with E-state index in [4.69, 9.17) is 16.2 Å². The summed E-state index contributed by atoms with van der Waals surface area (Å²) in [6.45, 7) is 0.901. The number of hydrogen-bond acceptors (Lipinski definition) is 3. The molecule has 1 amide bonds. The van der Waals surface area contributed by atoms with E-state index in [1.54, 1.807) is 0 Å². The molecule has 1 aliphatic rings. The third kappa shape index (κ3) is 3.62. The van der Waals surface area contributed by atoms with Gasteiger partial charge in [-0.15, -0.1) is 0 Å². The van der Waals surface area contributed by atoms with Gasteiger partial charge in [0.1, 0.15) is 5.75 Å². The van der Waals surface area contributed by atoms with E-state index < -0.39 is 6.09 Å². The van der Waals surface area contributed by atoms with E-state index in [2.05, 4.69) is 46.7 Å². The number of amides is 1. The average molecular weight is 374 g/mol. The summed E-state index contributed by atoms with van der Waals surface area (Å²) in [5.74, 6) is 0.559. The SMILES string of the molecule is NC(N)=NCCCNC(=O)Oc1ccc2c(ccc3c4c(ccc32)C=CC4)c1. The smallest absolute Gasteiger partial charge is 0.410 e. The molecule has 0 aliphatic heterocycles. The van der Waals surface area contributed by atoms with Crippen molar-refractivity contribution in [1.29, 1.82) is 0 Å². The average Bonchev–Trinajstić information content (AvgIpc) is 3.16. The molecule has 6 nitrogen and oxygen atoms in total. The normalized spacial score (nSPS) is 12.1. The summed E-state index contributed by atoms with van der Waals surface area (Å²) in [4.78, 5) is 15.8. The Balaban J connectivity index is 1.48. The van der Waals surface area contributed by atoms with Gasteiger partial charge in [0.15, 0.2) is 5.96 Å². The van der Waals surface area contributed by atoms with Crippen LogP contribution >= 0.6 is 0 Å². The molecule has 0 bridgehead atoms. The fourth-order valence-electron chi connectivity index (χ4n) is 3.58. The van der Waals surface area contributed by atoms with Gasteiger partial charge in [-0.05, 0) is 57.6 Å². The van der Waals surface area contributed by atoms with Crippen molar-refractivity contribution in [1.82, 2.24) is 5.32 Å². The molecular weight excluding hydrogens is 352 g/mol. The summed E-state index contributed by atoms with van der Waals surface area (Å²) >= 11 is 0. The van der Waals surface area contributed by atoms with E-state index in [1.165, 1.54) is 21.9 Å². The van der Waals surface area contributed by atoms with E-state index in [0.29, 0.717) is 25.3 Å². The number of aliphatic imine (C=N–C) groups is 1. The largest absolute Gasteiger partial charge is 0.412 e. The van der Waals surface area contributed by atoms with Gasteiger partial charge in [-0.2, -0.15) is 0 Å². The third-order valence-corrected chi connectivity index (χ3v) is 4.86. The van der Waals surface area contributed by atoms with Gasteiger partial charge in [0.05, 0.1) is 0 Å². The topological polar surface area (TPSA) is 103 Å². The molecule has 0 atom stereocenters. The number of ether oxygens (including phenoxy) is 1. The van der Waals surface area contributed by atoms with Gasteiger partial charge < -0.3 is 21.5 Å². The Morgan fingerprint density at radius 2 is 1.89 bits per heavy atom. The summed E-state index contributed by atoms with van der Waals surface area (Å²) in [5, 5.41) is 7.38. The standard InChI is InChI=1S/C22H22N4O2/c23-21(24)25-11-2-12-26-22(27)28-16-7-10-18-15(13-16)6-9-19-17-4-1-3-14(17)5-8-20(18)19/h1,3,5-10,13H,2,4,11-12H2,(H,26,27)(H4,23,24,25). The predicted molar refractivity (Wildman–Crippen MR) is 114 cm³/mol. The minimum Gasteiger partial charge on any atom is -0.410 e. The van der Waals surface area contributed by atoms with E-state index in [0.717, 1.165) is 17.2 Å². The molecule has 3 aromatic carbocycles. The minimum absolute atomic E-state index is 0.0486. The van der Waals surface area contributed by atoms with E-state index in [1.807, 2.05) is 18.2 Å². The number of nitrogens with one attached hydrogen (secondary N) is 1. The fourth-order valence-corrected chi connectivity index (χ4v) is 3.58. The number of nitrogens with zero attached hydrogens (tertiary/aromatic N) is 1. The molecule has 0 spiro atoms. The first-order valence-corrected chi connectivity index (χ1v) is 9.28. The first-order valence-electron chi connectivity index (χ1n) is 9.28. The van der Waals surface area contributed by atoms with Crippen molar-refractivity contribution in [3.05, 3.63) is 59.7 Å². The molecular formula is C22H22N4O2. The highest BCUT2D eigenvalue weighted by molar-refractivity contribution is 6.09.